The van der Waals surface area contributed by atoms with Gasteiger partial charge in [-0.1, -0.05) is 11.6 Å². The van der Waals surface area contributed by atoms with Crippen LogP contribution in [0.25, 0.3) is 0 Å². The van der Waals surface area contributed by atoms with Crippen molar-refractivity contribution < 1.29 is 14.6 Å². The lowest BCUT2D eigenvalue weighted by Crippen LogP contribution is -2.17. The van der Waals surface area contributed by atoms with E-state index in [1.54, 1.807) is 0 Å². The molecule has 0 unspecified atom stereocenters. The number of nitro groups is 2. The number of hydrogen-bond donors (Lipinski definition) is 1. The van der Waals surface area contributed by atoms with Gasteiger partial charge >= 0.3 is 11.5 Å². The highest BCUT2D eigenvalue weighted by Crippen LogP contribution is 2.30. The fourth-order valence-corrected chi connectivity index (χ4v) is 1.89. The largest absolute Gasteiger partial charge is 0.468 e. The predicted octanol–water partition coefficient (Wildman–Crippen LogP) is 2.14. The van der Waals surface area contributed by atoms with Crippen LogP contribution in [-0.4, -0.2) is 25.5 Å². The van der Waals surface area contributed by atoms with Gasteiger partial charge in [0.15, 0.2) is 0 Å². The Balaban J connectivity index is 2.43. The van der Waals surface area contributed by atoms with E-state index in [1.165, 1.54) is 31.3 Å². The molecular weight excluding hydrogens is 318 g/mol. The molecule has 1 aromatic heterocycles. The van der Waals surface area contributed by atoms with E-state index in [0.29, 0.717) is 10.7 Å². The number of aromatic nitrogens is 2. The zero-order valence-corrected chi connectivity index (χ0v) is 11.8. The van der Waals surface area contributed by atoms with Gasteiger partial charge in [-0.2, -0.15) is 4.68 Å². The van der Waals surface area contributed by atoms with Crippen LogP contribution in [0.4, 0.5) is 17.2 Å². The number of halogens is 1. The number of nitrogens with zero attached hydrogens (tertiary/aromatic N) is 4. The molecule has 0 spiro atoms. The summed E-state index contributed by atoms with van der Waals surface area (Å²) in [5.41, 5.74) is -1.15. The smallest absolute Gasteiger partial charge is 0.358 e. The van der Waals surface area contributed by atoms with Crippen molar-refractivity contribution >= 4 is 34.7 Å². The number of aryl methyl sites for hydroxylation is 1. The lowest BCUT2D eigenvalue weighted by molar-refractivity contribution is -0.424. The SMILES string of the molecule is Cn1nc([N+](=O)[O-])c([N+](=O)[O-])c1C(=O)Nc1ccc(Cl)cc1. The molecule has 2 aromatic rings. The van der Waals surface area contributed by atoms with Gasteiger partial charge in [-0.15, -0.1) is 0 Å². The van der Waals surface area contributed by atoms with Crippen LogP contribution < -0.4 is 5.32 Å². The van der Waals surface area contributed by atoms with Crippen LogP contribution in [0.2, 0.25) is 5.02 Å². The van der Waals surface area contributed by atoms with E-state index in [0.717, 1.165) is 4.68 Å². The monoisotopic (exact) mass is 325 g/mol. The summed E-state index contributed by atoms with van der Waals surface area (Å²) in [4.78, 5) is 31.9. The lowest BCUT2D eigenvalue weighted by atomic mass is 10.3. The van der Waals surface area contributed by atoms with Gasteiger partial charge in [-0.05, 0) is 29.2 Å². The molecule has 10 nitrogen and oxygen atoms in total. The Morgan fingerprint density at radius 2 is 1.82 bits per heavy atom. The standard InChI is InChI=1S/C11H8ClN5O5/c1-15-9(8(16(19)20)10(14-15)17(21)22)11(18)13-7-4-2-6(12)3-5-7/h2-5H,1H3,(H,13,18). The third-order valence-electron chi connectivity index (χ3n) is 2.68. The number of hydrogen-bond acceptors (Lipinski definition) is 6. The summed E-state index contributed by atoms with van der Waals surface area (Å²) in [6, 6.07) is 5.99. The van der Waals surface area contributed by atoms with Gasteiger partial charge < -0.3 is 15.4 Å². The normalized spacial score (nSPS) is 10.3. The first kappa shape index (κ1) is 15.4. The van der Waals surface area contributed by atoms with E-state index in [-0.39, 0.29) is 0 Å². The van der Waals surface area contributed by atoms with Crippen LogP contribution in [0, 0.1) is 20.2 Å². The maximum absolute atomic E-state index is 12.1. The van der Waals surface area contributed by atoms with Crippen LogP contribution >= 0.6 is 11.6 Å². The minimum absolute atomic E-state index is 0.326. The molecule has 1 heterocycles. The molecule has 1 N–H and O–H groups in total. The van der Waals surface area contributed by atoms with Crippen LogP contribution in [0.15, 0.2) is 24.3 Å². The molecule has 0 saturated heterocycles. The Morgan fingerprint density at radius 3 is 2.32 bits per heavy atom. The Bertz CT molecular complexity index is 770. The third-order valence-corrected chi connectivity index (χ3v) is 2.93. The minimum atomic E-state index is -1.02. The molecule has 0 aliphatic carbocycles. The van der Waals surface area contributed by atoms with Gasteiger partial charge in [-0.3, -0.25) is 14.9 Å². The molecule has 0 atom stereocenters. The summed E-state index contributed by atoms with van der Waals surface area (Å²) in [7, 11) is 1.21. The van der Waals surface area contributed by atoms with Crippen molar-refractivity contribution in [3.05, 3.63) is 55.2 Å². The van der Waals surface area contributed by atoms with Crippen molar-refractivity contribution in [2.75, 3.05) is 5.32 Å². The van der Waals surface area contributed by atoms with Crippen LogP contribution in [0.1, 0.15) is 10.5 Å². The summed E-state index contributed by atoms with van der Waals surface area (Å²) in [6.45, 7) is 0. The second-order valence-electron chi connectivity index (χ2n) is 4.12. The topological polar surface area (TPSA) is 133 Å². The molecule has 11 heteroatoms. The third kappa shape index (κ3) is 2.86. The molecule has 0 aliphatic heterocycles. The second kappa shape index (κ2) is 5.77. The van der Waals surface area contributed by atoms with E-state index in [2.05, 4.69) is 10.4 Å². The second-order valence-corrected chi connectivity index (χ2v) is 4.56. The van der Waals surface area contributed by atoms with Gasteiger partial charge in [0.2, 0.25) is 5.69 Å². The molecular formula is C11H8ClN5O5. The highest BCUT2D eigenvalue weighted by atomic mass is 35.5. The predicted molar refractivity (Wildman–Crippen MR) is 75.9 cm³/mol. The first-order valence-corrected chi connectivity index (χ1v) is 6.11. The average molecular weight is 326 g/mol. The van der Waals surface area contributed by atoms with Crippen molar-refractivity contribution in [2.45, 2.75) is 0 Å². The van der Waals surface area contributed by atoms with Crippen molar-refractivity contribution in [3.63, 3.8) is 0 Å². The number of benzene rings is 1. The van der Waals surface area contributed by atoms with Crippen molar-refractivity contribution in [1.82, 2.24) is 9.78 Å². The molecule has 0 radical (unpaired) electrons. The Kier molecular flexibility index (Phi) is 4.04. The van der Waals surface area contributed by atoms with E-state index in [4.69, 9.17) is 11.6 Å². The van der Waals surface area contributed by atoms with E-state index in [9.17, 15) is 25.0 Å². The van der Waals surface area contributed by atoms with E-state index in [1.807, 2.05) is 0 Å². The van der Waals surface area contributed by atoms with Gasteiger partial charge in [0.05, 0.1) is 17.1 Å². The van der Waals surface area contributed by atoms with Crippen molar-refractivity contribution in [3.8, 4) is 0 Å². The first-order chi connectivity index (χ1) is 10.3. The Hall–Kier alpha value is -3.01. The zero-order chi connectivity index (χ0) is 16.4. The number of amides is 1. The highest BCUT2D eigenvalue weighted by molar-refractivity contribution is 6.30. The van der Waals surface area contributed by atoms with E-state index < -0.39 is 33.0 Å². The number of carbonyl (C=O) groups is 1. The fraction of sp³-hybridized carbons (Fsp3) is 0.0909. The molecule has 2 rings (SSSR count). The Morgan fingerprint density at radius 1 is 1.23 bits per heavy atom. The lowest BCUT2D eigenvalue weighted by Gasteiger charge is -2.03. The quantitative estimate of drug-likeness (QED) is 0.676. The number of nitrogens with one attached hydrogen (secondary N) is 1. The molecule has 0 fully saturated rings. The van der Waals surface area contributed by atoms with Crippen LogP contribution in [0.5, 0.6) is 0 Å². The summed E-state index contributed by atoms with van der Waals surface area (Å²) >= 11 is 5.70. The van der Waals surface area contributed by atoms with Gasteiger partial charge in [0.1, 0.15) is 0 Å². The summed E-state index contributed by atoms with van der Waals surface area (Å²) in [6.07, 6.45) is 0. The summed E-state index contributed by atoms with van der Waals surface area (Å²) in [5, 5.41) is 28.0. The van der Waals surface area contributed by atoms with E-state index >= 15 is 0 Å². The summed E-state index contributed by atoms with van der Waals surface area (Å²) < 4.78 is 0.793. The number of rotatable bonds is 4. The number of carbonyl (C=O) groups excluding carboxylic acids is 1. The zero-order valence-electron chi connectivity index (χ0n) is 11.0. The van der Waals surface area contributed by atoms with Gasteiger partial charge in [-0.25, -0.2) is 0 Å². The molecule has 1 amide bonds. The molecule has 1 aromatic carbocycles. The Labute approximate surface area is 127 Å². The van der Waals surface area contributed by atoms with Gasteiger partial charge in [0, 0.05) is 10.7 Å². The first-order valence-electron chi connectivity index (χ1n) is 5.74. The fourth-order valence-electron chi connectivity index (χ4n) is 1.77. The molecule has 0 saturated carbocycles. The molecule has 0 bridgehead atoms. The summed E-state index contributed by atoms with van der Waals surface area (Å²) in [5.74, 6) is -1.88. The molecule has 22 heavy (non-hydrogen) atoms. The molecule has 0 aliphatic rings. The van der Waals surface area contributed by atoms with Crippen LogP contribution in [0.3, 0.4) is 0 Å². The van der Waals surface area contributed by atoms with Gasteiger partial charge in [0.25, 0.3) is 5.91 Å². The van der Waals surface area contributed by atoms with Crippen molar-refractivity contribution in [2.24, 2.45) is 7.05 Å². The highest BCUT2D eigenvalue weighted by Gasteiger charge is 2.40. The van der Waals surface area contributed by atoms with Crippen molar-refractivity contribution in [1.29, 1.82) is 0 Å². The maximum atomic E-state index is 12.1. The minimum Gasteiger partial charge on any atom is -0.358 e. The maximum Gasteiger partial charge on any atom is 0.468 e. The molecule has 114 valence electrons. The average Bonchev–Trinajstić information content (AvgIpc) is 2.79. The van der Waals surface area contributed by atoms with Crippen LogP contribution in [-0.2, 0) is 7.05 Å². The number of anilines is 1.